The molecular formula is C37H42Br4ClF6IN10O4. The number of methoxy groups -OCH3 is 1. The maximum absolute atomic E-state index is 12.2. The number of ether oxygens (including phenoxy) is 1. The molecule has 0 aliphatic rings. The van der Waals surface area contributed by atoms with E-state index in [4.69, 9.17) is 32.1 Å². The summed E-state index contributed by atoms with van der Waals surface area (Å²) in [4.78, 5) is 11.9. The van der Waals surface area contributed by atoms with Gasteiger partial charge in [-0.05, 0) is 77.7 Å². The molecule has 0 atom stereocenters. The fourth-order valence-electron chi connectivity index (χ4n) is 3.20. The Labute approximate surface area is 413 Å². The number of benzene rings is 4. The minimum atomic E-state index is -3.97. The Kier molecular flexibility index (Phi) is 40.3. The van der Waals surface area contributed by atoms with Crippen LogP contribution in [0.2, 0.25) is 0 Å². The Balaban J connectivity index is -0.000000339. The highest BCUT2D eigenvalue weighted by molar-refractivity contribution is 14.1. The minimum Gasteiger partial charge on any atom is -0.481 e. The van der Waals surface area contributed by atoms with Gasteiger partial charge in [-0.1, -0.05) is 118 Å². The smallest absolute Gasteiger partial charge is 0.413 e. The van der Waals surface area contributed by atoms with Crippen LogP contribution < -0.4 is 23.3 Å². The number of amidine groups is 1. The van der Waals surface area contributed by atoms with Crippen molar-refractivity contribution >= 4 is 110 Å². The third-order valence-electron chi connectivity index (χ3n) is 5.87. The molecule has 0 radical (unpaired) electrons. The molecular weight excluding hydrogens is 1240 g/mol. The quantitative estimate of drug-likeness (QED) is 0.00885. The Hall–Kier alpha value is -3.85. The summed E-state index contributed by atoms with van der Waals surface area (Å²) in [6.07, 6.45) is -9.23. The van der Waals surface area contributed by atoms with Gasteiger partial charge >= 0.3 is 12.2 Å². The van der Waals surface area contributed by atoms with Crippen molar-refractivity contribution in [3.05, 3.63) is 150 Å². The molecule has 0 saturated heterocycles. The van der Waals surface area contributed by atoms with Crippen LogP contribution in [0.4, 0.5) is 26.3 Å². The Morgan fingerprint density at radius 2 is 1.30 bits per heavy atom. The molecule has 63 heavy (non-hydrogen) atoms. The maximum atomic E-state index is 12.2. The van der Waals surface area contributed by atoms with Gasteiger partial charge in [-0.3, -0.25) is 22.2 Å². The molecule has 26 heteroatoms. The van der Waals surface area contributed by atoms with Crippen LogP contribution in [0.15, 0.2) is 132 Å². The van der Waals surface area contributed by atoms with Crippen LogP contribution in [-0.2, 0) is 14.5 Å². The van der Waals surface area contributed by atoms with Gasteiger partial charge in [0.1, 0.15) is 12.4 Å². The van der Waals surface area contributed by atoms with Gasteiger partial charge < -0.3 is 26.3 Å². The summed E-state index contributed by atoms with van der Waals surface area (Å²) in [5.74, 6) is 13.4. The number of nitriles is 1. The zero-order chi connectivity index (χ0) is 47.0. The lowest BCUT2D eigenvalue weighted by atomic mass is 10.2. The minimum absolute atomic E-state index is 0. The molecule has 0 aliphatic carbocycles. The van der Waals surface area contributed by atoms with Crippen molar-refractivity contribution in [1.82, 2.24) is 15.2 Å². The SMILES string of the molecule is C.CI.COC(=N)c1ccc(Br)cc1.Cl.FC(F)c1nc(-c2ccc(Br)cc2)n[nH]1.N#Cc1ccc(Br)cc1.N/N=C(\N)c1ccc(Br)cc1.NN.OCC(F)(F)OOC=C(F)F. The van der Waals surface area contributed by atoms with Crippen LogP contribution in [0.5, 0.6) is 0 Å². The van der Waals surface area contributed by atoms with E-state index >= 15 is 0 Å². The predicted octanol–water partition coefficient (Wildman–Crippen LogP) is 11.1. The van der Waals surface area contributed by atoms with Gasteiger partial charge in [-0.25, -0.2) is 13.8 Å². The zero-order valence-corrected chi connectivity index (χ0v) is 41.3. The number of hydrogen-bond donors (Lipinski definition) is 7. The second kappa shape index (κ2) is 38.6. The summed E-state index contributed by atoms with van der Waals surface area (Å²) in [5.41, 5.74) is 8.46. The predicted molar refractivity (Wildman–Crippen MR) is 257 cm³/mol. The monoisotopic (exact) mass is 1280 g/mol. The van der Waals surface area contributed by atoms with Crippen LogP contribution in [0.3, 0.4) is 0 Å². The van der Waals surface area contributed by atoms with Gasteiger partial charge in [0.15, 0.2) is 17.9 Å². The summed E-state index contributed by atoms with van der Waals surface area (Å²) in [5, 5.41) is 32.7. The molecule has 11 N–H and O–H groups in total. The van der Waals surface area contributed by atoms with E-state index < -0.39 is 31.0 Å². The molecule has 0 amide bonds. The number of hydrazone groups is 1. The van der Waals surface area contributed by atoms with Crippen LogP contribution in [0.1, 0.15) is 36.4 Å². The van der Waals surface area contributed by atoms with Crippen molar-refractivity contribution in [1.29, 1.82) is 10.7 Å². The standard InChI is InChI=1S/C9H6BrF2N3.C8H8BrNO.C7H8BrN3.C7H4BrN.C4H4F4O3.CH3I.CH4.ClH.H4N2/c10-6-3-1-5(2-4-6)8-13-9(7(11)12)15-14-8;1-11-8(10)6-2-4-7(9)5-3-6;8-6-3-1-5(2-4-6)7(9)11-10;8-7-3-1-6(5-9)2-4-7;5-3(6)1-10-11-4(7,8)2-9;1-2;;;1-2/h1-4,7H,(H,13,14,15);2-5,10H,1H3;1-4H,10H2,(H2,9,11);1-4H;1,9H,2H2;1H3;1H4;1H;1-2H2. The average molecular weight is 1290 g/mol. The van der Waals surface area contributed by atoms with Gasteiger partial charge in [0.2, 0.25) is 5.90 Å². The van der Waals surface area contributed by atoms with Crippen LogP contribution in [0.25, 0.3) is 11.4 Å². The molecule has 14 nitrogen and oxygen atoms in total. The molecule has 1 aromatic heterocycles. The van der Waals surface area contributed by atoms with E-state index in [-0.39, 0.29) is 37.8 Å². The van der Waals surface area contributed by atoms with Gasteiger partial charge in [0, 0.05) is 34.6 Å². The highest BCUT2D eigenvalue weighted by Gasteiger charge is 2.31. The number of nitrogens with one attached hydrogen (secondary N) is 2. The van der Waals surface area contributed by atoms with E-state index in [0.29, 0.717) is 17.0 Å². The fraction of sp³-hybridized carbons (Fsp3) is 0.162. The second-order valence-corrected chi connectivity index (χ2v) is 13.6. The molecule has 0 unspecified atom stereocenters. The van der Waals surface area contributed by atoms with Crippen LogP contribution in [0, 0.1) is 16.7 Å². The lowest BCUT2D eigenvalue weighted by Gasteiger charge is -2.09. The first-order chi connectivity index (χ1) is 28.9. The maximum Gasteiger partial charge on any atom is 0.413 e. The molecule has 0 spiro atoms. The van der Waals surface area contributed by atoms with Crippen molar-refractivity contribution in [2.24, 2.45) is 28.4 Å². The zero-order valence-electron chi connectivity index (χ0n) is 31.9. The topological polar surface area (TPSA) is 254 Å². The van der Waals surface area contributed by atoms with Crippen molar-refractivity contribution in [3.63, 3.8) is 0 Å². The number of aliphatic hydroxyl groups excluding tert-OH is 1. The number of aromatic amines is 1. The Morgan fingerprint density at radius 1 is 0.889 bits per heavy atom. The van der Waals surface area contributed by atoms with Gasteiger partial charge in [-0.2, -0.15) is 33.0 Å². The number of aromatic nitrogens is 3. The molecule has 5 rings (SSSR count). The molecule has 5 aromatic rings. The van der Waals surface area contributed by atoms with E-state index in [1.807, 2.05) is 71.7 Å². The van der Waals surface area contributed by atoms with E-state index in [9.17, 15) is 26.3 Å². The molecule has 0 fully saturated rings. The second-order valence-electron chi connectivity index (χ2n) is 9.91. The summed E-state index contributed by atoms with van der Waals surface area (Å²) in [6.45, 7) is -1.64. The van der Waals surface area contributed by atoms with E-state index in [2.05, 4.69) is 128 Å². The average Bonchev–Trinajstić information content (AvgIpc) is 3.78. The highest BCUT2D eigenvalue weighted by Crippen LogP contribution is 2.21. The van der Waals surface area contributed by atoms with Crippen molar-refractivity contribution in [3.8, 4) is 17.5 Å². The summed E-state index contributed by atoms with van der Waals surface area (Å²) < 4.78 is 78.7. The normalized spacial score (nSPS) is 9.56. The van der Waals surface area contributed by atoms with E-state index in [0.717, 1.165) is 29.0 Å². The Morgan fingerprint density at radius 3 is 1.65 bits per heavy atom. The van der Waals surface area contributed by atoms with Crippen LogP contribution >= 0.6 is 98.7 Å². The third-order valence-corrected chi connectivity index (χ3v) is 7.98. The first-order valence-corrected chi connectivity index (χ1v) is 21.1. The lowest BCUT2D eigenvalue weighted by Crippen LogP contribution is -2.24. The number of halogens is 12. The third kappa shape index (κ3) is 30.8. The van der Waals surface area contributed by atoms with Gasteiger partial charge in [0.05, 0.1) is 18.7 Å². The number of hydrazine groups is 1. The van der Waals surface area contributed by atoms with Gasteiger partial charge in [-0.15, -0.1) is 17.3 Å². The van der Waals surface area contributed by atoms with Crippen molar-refractivity contribution in [2.75, 3.05) is 18.6 Å². The molecule has 348 valence electrons. The van der Waals surface area contributed by atoms with E-state index in [1.54, 1.807) is 36.4 Å². The molecule has 0 bridgehead atoms. The summed E-state index contributed by atoms with van der Waals surface area (Å²) in [7, 11) is 1.49. The van der Waals surface area contributed by atoms with Crippen molar-refractivity contribution < 1.29 is 46.0 Å². The molecule has 4 aromatic carbocycles. The summed E-state index contributed by atoms with van der Waals surface area (Å²) >= 11 is 15.3. The molecule has 0 aliphatic heterocycles. The number of H-pyrrole nitrogens is 1. The summed E-state index contributed by atoms with van der Waals surface area (Å²) in [6, 6.07) is 31.2. The fourth-order valence-corrected chi connectivity index (χ4v) is 4.25. The number of alkyl halides is 5. The number of nitrogens with two attached hydrogens (primary N) is 4. The van der Waals surface area contributed by atoms with Crippen LogP contribution in [-0.4, -0.2) is 56.8 Å². The molecule has 0 saturated carbocycles. The number of nitrogens with zero attached hydrogens (tertiary/aromatic N) is 4. The Bertz CT molecular complexity index is 2050. The highest BCUT2D eigenvalue weighted by atomic mass is 127. The number of hydrogen-bond acceptors (Lipinski definition) is 12. The van der Waals surface area contributed by atoms with Crippen molar-refractivity contribution in [2.45, 2.75) is 20.0 Å². The number of rotatable bonds is 8. The number of aliphatic hydroxyl groups is 1. The first-order valence-electron chi connectivity index (χ1n) is 15.8. The largest absolute Gasteiger partial charge is 0.481 e. The first kappa shape index (κ1) is 65.8. The molecule has 1 heterocycles. The van der Waals surface area contributed by atoms with E-state index in [1.165, 1.54) is 7.11 Å². The lowest BCUT2D eigenvalue weighted by molar-refractivity contribution is -0.422. The van der Waals surface area contributed by atoms with Gasteiger partial charge in [0.25, 0.3) is 6.43 Å².